The van der Waals surface area contributed by atoms with Gasteiger partial charge in [0.25, 0.3) is 0 Å². The van der Waals surface area contributed by atoms with Gasteiger partial charge in [-0.1, -0.05) is 42.3 Å². The molecule has 6 amide bonds. The van der Waals surface area contributed by atoms with E-state index in [-0.39, 0.29) is 70.1 Å². The number of fused-ring (bicyclic) bond motifs is 5. The summed E-state index contributed by atoms with van der Waals surface area (Å²) in [6.07, 6.45) is 3.74. The summed E-state index contributed by atoms with van der Waals surface area (Å²) in [5.41, 5.74) is 8.25. The third-order valence-electron chi connectivity index (χ3n) is 14.2. The second-order valence-electron chi connectivity index (χ2n) is 20.0. The number of primary amides is 1. The van der Waals surface area contributed by atoms with E-state index in [1.165, 1.54) is 38.0 Å². The first-order chi connectivity index (χ1) is 36.9. The molecule has 0 saturated carbocycles. The van der Waals surface area contributed by atoms with Gasteiger partial charge in [0.05, 0.1) is 64.6 Å². The number of alkyl carbamates (subject to hydrolysis) is 1. The van der Waals surface area contributed by atoms with Gasteiger partial charge < -0.3 is 69.0 Å². The van der Waals surface area contributed by atoms with Crippen LogP contribution >= 0.6 is 11.6 Å². The fourth-order valence-corrected chi connectivity index (χ4v) is 9.54. The number of aliphatic hydroxyl groups is 1. The molecule has 2 fully saturated rings. The van der Waals surface area contributed by atoms with E-state index in [1.54, 1.807) is 45.2 Å². The zero-order valence-electron chi connectivity index (χ0n) is 46.3. The van der Waals surface area contributed by atoms with Crippen LogP contribution in [0.2, 0.25) is 5.02 Å². The summed E-state index contributed by atoms with van der Waals surface area (Å²) in [7, 11) is 9.58. The Hall–Kier alpha value is -6.12. The van der Waals surface area contributed by atoms with Gasteiger partial charge in [-0.15, -0.1) is 0 Å². The normalized spacial score (nSPS) is 25.3. The number of aromatic nitrogens is 1. The van der Waals surface area contributed by atoms with Crippen LogP contribution in [0.25, 0.3) is 0 Å². The highest BCUT2D eigenvalue weighted by Gasteiger charge is 2.64. The number of allylic oxidation sites excluding steroid dienone is 3. The lowest BCUT2D eigenvalue weighted by molar-refractivity contribution is -0.162. The van der Waals surface area contributed by atoms with Gasteiger partial charge in [0, 0.05) is 79.0 Å². The number of hydrogen-bond donors (Lipinski definition) is 6. The summed E-state index contributed by atoms with van der Waals surface area (Å²) in [4.78, 5) is 94.6. The van der Waals surface area contributed by atoms with E-state index in [4.69, 9.17) is 50.5 Å². The maximum Gasteiger partial charge on any atom is 0.409 e. The van der Waals surface area contributed by atoms with E-state index < -0.39 is 95.3 Å². The number of ether oxygens (including phenoxy) is 7. The average Bonchev–Trinajstić information content (AvgIpc) is 4.01. The number of carbonyl (C=O) groups excluding carboxylic acids is 7. The second kappa shape index (κ2) is 28.7. The molecule has 0 aliphatic carbocycles. The van der Waals surface area contributed by atoms with Crippen molar-refractivity contribution in [3.63, 3.8) is 0 Å². The minimum atomic E-state index is -1.88. The second-order valence-corrected chi connectivity index (χ2v) is 20.4. The number of carbonyl (C=O) groups is 7. The van der Waals surface area contributed by atoms with Crippen LogP contribution < -0.4 is 36.7 Å². The number of methoxy groups -OCH3 is 2. The molecule has 0 spiro atoms. The molecule has 24 nitrogen and oxygen atoms in total. The Morgan fingerprint density at radius 2 is 1.79 bits per heavy atom. The number of benzene rings is 1. The van der Waals surface area contributed by atoms with Crippen molar-refractivity contribution in [2.75, 3.05) is 80.3 Å². The molecule has 7 N–H and O–H groups in total. The number of nitrogens with one attached hydrogen (secondary N) is 4. The molecule has 9 atom stereocenters. The van der Waals surface area contributed by atoms with Gasteiger partial charge in [-0.25, -0.2) is 14.6 Å². The number of likely N-dealkylation sites (N-methyl/N-ethyl adjacent to an activating group) is 1. The number of epoxide rings is 1. The van der Waals surface area contributed by atoms with E-state index in [0.717, 1.165) is 16.7 Å². The van der Waals surface area contributed by atoms with E-state index in [1.807, 2.05) is 55.1 Å². The van der Waals surface area contributed by atoms with Crippen molar-refractivity contribution in [3.8, 4) is 5.75 Å². The molecule has 1 aromatic heterocycles. The van der Waals surface area contributed by atoms with E-state index >= 15 is 0 Å². The molecule has 2 saturated heterocycles. The molecule has 3 aliphatic rings. The predicted molar refractivity (Wildman–Crippen MR) is 286 cm³/mol. The fourth-order valence-electron chi connectivity index (χ4n) is 9.23. The molecular formula is C53H78ClN9O15. The first-order valence-corrected chi connectivity index (χ1v) is 26.2. The number of hydrazine groups is 1. The molecule has 2 aromatic rings. The maximum atomic E-state index is 14.3. The highest BCUT2D eigenvalue weighted by Crippen LogP contribution is 2.49. The van der Waals surface area contributed by atoms with Crippen molar-refractivity contribution < 1.29 is 71.8 Å². The predicted octanol–water partition coefficient (Wildman–Crippen LogP) is 1.87. The molecule has 1 aromatic carbocycles. The molecule has 5 rings (SSSR count). The van der Waals surface area contributed by atoms with Gasteiger partial charge >= 0.3 is 12.1 Å². The zero-order chi connectivity index (χ0) is 57.5. The van der Waals surface area contributed by atoms with Crippen LogP contribution in [0.15, 0.2) is 54.4 Å². The van der Waals surface area contributed by atoms with Crippen molar-refractivity contribution in [1.82, 2.24) is 35.9 Å². The third kappa shape index (κ3) is 17.2. The number of halogens is 1. The van der Waals surface area contributed by atoms with Gasteiger partial charge in [-0.3, -0.25) is 34.7 Å². The molecular weight excluding hydrogens is 1040 g/mol. The maximum absolute atomic E-state index is 14.3. The summed E-state index contributed by atoms with van der Waals surface area (Å²) in [6, 6.07) is 3.18. The lowest BCUT2D eigenvalue weighted by atomic mass is 9.83. The smallest absolute Gasteiger partial charge is 0.409 e. The molecule has 1 unspecified atom stereocenters. The molecule has 78 heavy (non-hydrogen) atoms. The summed E-state index contributed by atoms with van der Waals surface area (Å²) in [5.74, 6) is -3.80. The SMILES string of the molecule is CNN(C)Cc1ccn(CCC(=O)N[C@@H](CC(N)=O)C(=O)NCCOCCOCCC(=O)N(C)[C@@H](C)C(=O)O[C@H]2CC(=O)N(C)c3cc(cc(OC)c3Cl)C/C(C)=C/C=C/[C@@H](OC)[C@@]3(O)C[C@H](OC(=O)N3)[C@@H](C)C3O[C@]32C)c1. The van der Waals surface area contributed by atoms with Crippen LogP contribution in [0.3, 0.4) is 0 Å². The Morgan fingerprint density at radius 3 is 2.47 bits per heavy atom. The lowest BCUT2D eigenvalue weighted by Gasteiger charge is -2.42. The van der Waals surface area contributed by atoms with Crippen molar-refractivity contribution in [2.45, 2.75) is 127 Å². The number of amides is 6. The first-order valence-electron chi connectivity index (χ1n) is 25.8. The van der Waals surface area contributed by atoms with E-state index in [0.29, 0.717) is 30.9 Å². The van der Waals surface area contributed by atoms with Crippen LogP contribution in [0, 0.1) is 5.92 Å². The van der Waals surface area contributed by atoms with Crippen molar-refractivity contribution in [2.24, 2.45) is 11.7 Å². The lowest BCUT2D eigenvalue weighted by Crippen LogP contribution is -2.63. The summed E-state index contributed by atoms with van der Waals surface area (Å²) < 4.78 is 42.4. The van der Waals surface area contributed by atoms with Crippen molar-refractivity contribution >= 4 is 58.9 Å². The zero-order valence-corrected chi connectivity index (χ0v) is 47.0. The Balaban J connectivity index is 1.14. The minimum Gasteiger partial charge on any atom is -0.495 e. The monoisotopic (exact) mass is 1120 g/mol. The van der Waals surface area contributed by atoms with Crippen LogP contribution in [0.5, 0.6) is 5.75 Å². The quantitative estimate of drug-likeness (QED) is 0.0379. The van der Waals surface area contributed by atoms with Crippen molar-refractivity contribution in [3.05, 3.63) is 70.5 Å². The van der Waals surface area contributed by atoms with Crippen LogP contribution in [-0.4, -0.2) is 184 Å². The Morgan fingerprint density at radius 1 is 1.08 bits per heavy atom. The summed E-state index contributed by atoms with van der Waals surface area (Å²) in [6.45, 7) is 8.19. The van der Waals surface area contributed by atoms with Gasteiger partial charge in [-0.2, -0.15) is 0 Å². The third-order valence-corrected chi connectivity index (χ3v) is 14.5. The van der Waals surface area contributed by atoms with Crippen LogP contribution in [0.4, 0.5) is 10.5 Å². The molecule has 432 valence electrons. The van der Waals surface area contributed by atoms with Crippen LogP contribution in [0.1, 0.15) is 70.9 Å². The molecule has 25 heteroatoms. The number of aryl methyl sites for hydroxylation is 1. The molecule has 3 aliphatic heterocycles. The average molecular weight is 1120 g/mol. The highest BCUT2D eigenvalue weighted by molar-refractivity contribution is 6.35. The van der Waals surface area contributed by atoms with E-state index in [9.17, 15) is 38.7 Å². The van der Waals surface area contributed by atoms with Crippen LogP contribution in [-0.2, 0) is 76.7 Å². The minimum absolute atomic E-state index is 0.0180. The van der Waals surface area contributed by atoms with Gasteiger partial charge in [0.1, 0.15) is 46.8 Å². The standard InChI is InChI=1S/C53H78ClN9O15/c1-32-12-11-13-41(73-10)53(71)29-40(76-51(70)59-53)33(2)48-52(4,78-48)42(28-46(67)62(8)38-25-36(24-32)26-39(72-9)47(38)54)77-50(69)34(3)61(7)45(66)16-20-74-22-23-75-21-17-57-49(68)37(27-43(55)64)58-44(65)15-19-63-18-14-35(31-63)30-60(6)56-5/h11-14,18,25-26,31,33-34,37,40-42,48,56,71H,15-17,19-24,27-30H2,1-10H3,(H2,55,64)(H,57,68)(H,58,65)(H,59,70)/b13-11+,32-12+/t33-,34+,37+,40+,41-,42+,48?,52+,53+/m1/s1. The number of nitrogens with two attached hydrogens (primary N) is 1. The Labute approximate surface area is 460 Å². The largest absolute Gasteiger partial charge is 0.495 e. The number of hydrogen-bond acceptors (Lipinski definition) is 17. The topological polar surface area (TPSA) is 296 Å². The van der Waals surface area contributed by atoms with Gasteiger partial charge in [0.15, 0.2) is 5.72 Å². The Kier molecular flexibility index (Phi) is 23.1. The summed E-state index contributed by atoms with van der Waals surface area (Å²) >= 11 is 6.81. The Bertz CT molecular complexity index is 2510. The molecule has 0 radical (unpaired) electrons. The molecule has 4 bridgehead atoms. The highest BCUT2D eigenvalue weighted by atomic mass is 35.5. The van der Waals surface area contributed by atoms with Gasteiger partial charge in [-0.05, 0) is 63.6 Å². The summed E-state index contributed by atoms with van der Waals surface area (Å²) in [5, 5.41) is 21.7. The first kappa shape index (κ1) is 62.7. The van der Waals surface area contributed by atoms with Crippen molar-refractivity contribution in [1.29, 1.82) is 0 Å². The number of nitrogens with zero attached hydrogens (tertiary/aromatic N) is 4. The number of esters is 1. The number of rotatable bonds is 24. The number of anilines is 1. The molecule has 4 heterocycles. The fraction of sp³-hybridized carbons (Fsp3) is 0.604. The van der Waals surface area contributed by atoms with Gasteiger partial charge in [0.2, 0.25) is 29.5 Å². The van der Waals surface area contributed by atoms with E-state index in [2.05, 4.69) is 21.4 Å².